The van der Waals surface area contributed by atoms with Crippen molar-refractivity contribution in [2.24, 2.45) is 10.6 Å². The summed E-state index contributed by atoms with van der Waals surface area (Å²) in [5, 5.41) is 16.5. The van der Waals surface area contributed by atoms with E-state index in [1.165, 1.54) is 4.90 Å². The zero-order valence-electron chi connectivity index (χ0n) is 11.6. The standard InChI is InChI=1S/C11H21N3O5S/c1-11(2)4-3-6-14(8(11)9(15)16)10(17)13-5-7-20(12,18)19/h8H,3-7H2,1-2H3,(H,13,17)(H,15,16)(H2,12,18,19). The van der Waals surface area contributed by atoms with Gasteiger partial charge < -0.3 is 15.3 Å². The van der Waals surface area contributed by atoms with E-state index < -0.39 is 33.5 Å². The number of hydrogen-bond donors (Lipinski definition) is 3. The molecule has 1 saturated heterocycles. The van der Waals surface area contributed by atoms with Gasteiger partial charge in [-0.05, 0) is 18.3 Å². The van der Waals surface area contributed by atoms with Crippen molar-refractivity contribution < 1.29 is 23.1 Å². The molecule has 0 aromatic heterocycles. The number of piperidine rings is 1. The van der Waals surface area contributed by atoms with Crippen LogP contribution in [0.4, 0.5) is 4.79 Å². The highest BCUT2D eigenvalue weighted by atomic mass is 32.2. The number of rotatable bonds is 4. The van der Waals surface area contributed by atoms with Crippen molar-refractivity contribution in [1.29, 1.82) is 0 Å². The molecule has 1 unspecified atom stereocenters. The lowest BCUT2D eigenvalue weighted by Gasteiger charge is -2.43. The van der Waals surface area contributed by atoms with Crippen molar-refractivity contribution in [2.45, 2.75) is 32.7 Å². The maximum atomic E-state index is 12.0. The van der Waals surface area contributed by atoms with Crippen molar-refractivity contribution in [3.05, 3.63) is 0 Å². The van der Waals surface area contributed by atoms with Crippen molar-refractivity contribution in [3.8, 4) is 0 Å². The van der Waals surface area contributed by atoms with E-state index in [4.69, 9.17) is 5.14 Å². The Bertz CT molecular complexity index is 488. The van der Waals surface area contributed by atoms with Gasteiger partial charge in [-0.15, -0.1) is 0 Å². The average molecular weight is 307 g/mol. The van der Waals surface area contributed by atoms with Crippen LogP contribution in [0.2, 0.25) is 0 Å². The van der Waals surface area contributed by atoms with Crippen LogP contribution in [0.3, 0.4) is 0 Å². The lowest BCUT2D eigenvalue weighted by Crippen LogP contribution is -2.59. The highest BCUT2D eigenvalue weighted by molar-refractivity contribution is 7.89. The van der Waals surface area contributed by atoms with Gasteiger partial charge in [0.25, 0.3) is 0 Å². The first-order valence-corrected chi connectivity index (χ1v) is 8.04. The van der Waals surface area contributed by atoms with Crippen molar-refractivity contribution in [1.82, 2.24) is 10.2 Å². The van der Waals surface area contributed by atoms with E-state index in [2.05, 4.69) is 5.32 Å². The van der Waals surface area contributed by atoms with Gasteiger partial charge in [-0.2, -0.15) is 0 Å². The van der Waals surface area contributed by atoms with Crippen LogP contribution in [0, 0.1) is 5.41 Å². The van der Waals surface area contributed by atoms with Crippen molar-refractivity contribution in [2.75, 3.05) is 18.8 Å². The molecule has 116 valence electrons. The average Bonchev–Trinajstić information content (AvgIpc) is 2.24. The molecule has 1 atom stereocenters. The van der Waals surface area contributed by atoms with Crippen molar-refractivity contribution >= 4 is 22.0 Å². The molecule has 1 aliphatic heterocycles. The molecule has 1 rings (SSSR count). The summed E-state index contributed by atoms with van der Waals surface area (Å²) in [6.45, 7) is 3.80. The molecule has 0 radical (unpaired) electrons. The number of primary sulfonamides is 1. The third-order valence-electron chi connectivity index (χ3n) is 3.43. The lowest BCUT2D eigenvalue weighted by molar-refractivity contribution is -0.148. The minimum Gasteiger partial charge on any atom is -0.480 e. The molecule has 20 heavy (non-hydrogen) atoms. The van der Waals surface area contributed by atoms with Gasteiger partial charge in [-0.3, -0.25) is 0 Å². The fourth-order valence-corrected chi connectivity index (χ4v) is 2.87. The summed E-state index contributed by atoms with van der Waals surface area (Å²) in [5.41, 5.74) is -0.526. The Balaban J connectivity index is 2.72. The third-order valence-corrected chi connectivity index (χ3v) is 4.20. The first-order chi connectivity index (χ1) is 9.04. The van der Waals surface area contributed by atoms with E-state index in [0.717, 1.165) is 0 Å². The summed E-state index contributed by atoms with van der Waals surface area (Å²) in [7, 11) is -3.65. The highest BCUT2D eigenvalue weighted by Crippen LogP contribution is 2.35. The Morgan fingerprint density at radius 2 is 2.05 bits per heavy atom. The number of nitrogens with two attached hydrogens (primary N) is 1. The first kappa shape index (κ1) is 16.7. The molecule has 4 N–H and O–H groups in total. The van der Waals surface area contributed by atoms with Crippen molar-refractivity contribution in [3.63, 3.8) is 0 Å². The minimum absolute atomic E-state index is 0.138. The predicted octanol–water partition coefficient (Wildman–Crippen LogP) is -0.440. The summed E-state index contributed by atoms with van der Waals surface area (Å²) in [4.78, 5) is 24.6. The van der Waals surface area contributed by atoms with E-state index in [1.807, 2.05) is 0 Å². The maximum Gasteiger partial charge on any atom is 0.327 e. The SMILES string of the molecule is CC1(C)CCCN(C(=O)NCCS(N)(=O)=O)C1C(=O)O. The number of sulfonamides is 1. The molecule has 8 nitrogen and oxygen atoms in total. The molecule has 1 heterocycles. The molecule has 2 amide bonds. The number of nitrogens with zero attached hydrogens (tertiary/aromatic N) is 1. The van der Waals surface area contributed by atoms with Crippen LogP contribution in [0.15, 0.2) is 0 Å². The molecule has 1 aliphatic rings. The lowest BCUT2D eigenvalue weighted by atomic mass is 9.76. The number of carboxylic acids is 1. The van der Waals surface area contributed by atoms with Crippen LogP contribution in [0.1, 0.15) is 26.7 Å². The molecule has 1 fully saturated rings. The van der Waals surface area contributed by atoms with Crippen LogP contribution in [0.5, 0.6) is 0 Å². The van der Waals surface area contributed by atoms with Gasteiger partial charge in [0.05, 0.1) is 5.75 Å². The van der Waals surface area contributed by atoms with Crippen LogP contribution < -0.4 is 10.5 Å². The Kier molecular flexibility index (Phi) is 4.98. The maximum absolute atomic E-state index is 12.0. The molecule has 0 aromatic rings. The number of hydrogen-bond acceptors (Lipinski definition) is 4. The second-order valence-electron chi connectivity index (χ2n) is 5.63. The zero-order chi connectivity index (χ0) is 15.6. The van der Waals surface area contributed by atoms with E-state index in [0.29, 0.717) is 19.4 Å². The van der Waals surface area contributed by atoms with Crippen LogP contribution in [-0.2, 0) is 14.8 Å². The number of carbonyl (C=O) groups excluding carboxylic acids is 1. The molecular weight excluding hydrogens is 286 g/mol. The molecule has 9 heteroatoms. The summed E-state index contributed by atoms with van der Waals surface area (Å²) in [6.07, 6.45) is 1.42. The second-order valence-corrected chi connectivity index (χ2v) is 7.36. The predicted molar refractivity (Wildman–Crippen MR) is 72.5 cm³/mol. The summed E-state index contributed by atoms with van der Waals surface area (Å²) >= 11 is 0. The normalized spacial score (nSPS) is 22.4. The quantitative estimate of drug-likeness (QED) is 0.648. The van der Waals surface area contributed by atoms with Crippen LogP contribution in [-0.4, -0.2) is 55.3 Å². The van der Waals surface area contributed by atoms with E-state index in [1.54, 1.807) is 13.8 Å². The topological polar surface area (TPSA) is 130 Å². The summed E-state index contributed by atoms with van der Waals surface area (Å²) in [6, 6.07) is -1.50. The number of urea groups is 1. The molecule has 0 bridgehead atoms. The largest absolute Gasteiger partial charge is 0.480 e. The monoisotopic (exact) mass is 307 g/mol. The van der Waals surface area contributed by atoms with Gasteiger partial charge in [0, 0.05) is 13.1 Å². The molecule has 0 aromatic carbocycles. The summed E-state index contributed by atoms with van der Waals surface area (Å²) in [5.74, 6) is -1.44. The van der Waals surface area contributed by atoms with E-state index in [-0.39, 0.29) is 12.3 Å². The van der Waals surface area contributed by atoms with Gasteiger partial charge in [0.2, 0.25) is 10.0 Å². The summed E-state index contributed by atoms with van der Waals surface area (Å²) < 4.78 is 21.6. The number of nitrogens with one attached hydrogen (secondary N) is 1. The minimum atomic E-state index is -3.65. The fourth-order valence-electron chi connectivity index (χ4n) is 2.48. The van der Waals surface area contributed by atoms with Gasteiger partial charge in [-0.25, -0.2) is 23.1 Å². The van der Waals surface area contributed by atoms with E-state index >= 15 is 0 Å². The van der Waals surface area contributed by atoms with Crippen LogP contribution >= 0.6 is 0 Å². The number of carbonyl (C=O) groups is 2. The Morgan fingerprint density at radius 1 is 1.45 bits per heavy atom. The number of likely N-dealkylation sites (tertiary alicyclic amines) is 1. The van der Waals surface area contributed by atoms with Gasteiger partial charge >= 0.3 is 12.0 Å². The molecule has 0 spiro atoms. The first-order valence-electron chi connectivity index (χ1n) is 6.32. The molecule has 0 aliphatic carbocycles. The van der Waals surface area contributed by atoms with Gasteiger partial charge in [-0.1, -0.05) is 13.8 Å². The van der Waals surface area contributed by atoms with Gasteiger partial charge in [0.1, 0.15) is 6.04 Å². The number of aliphatic carboxylic acids is 1. The number of amides is 2. The Morgan fingerprint density at radius 3 is 2.55 bits per heavy atom. The molecular formula is C11H21N3O5S. The Labute approximate surface area is 118 Å². The highest BCUT2D eigenvalue weighted by Gasteiger charge is 2.44. The number of carboxylic acid groups (broad SMARTS) is 1. The zero-order valence-corrected chi connectivity index (χ0v) is 12.4. The van der Waals surface area contributed by atoms with Gasteiger partial charge in [0.15, 0.2) is 0 Å². The fraction of sp³-hybridized carbons (Fsp3) is 0.818. The second kappa shape index (κ2) is 5.96. The third kappa shape index (κ3) is 4.34. The van der Waals surface area contributed by atoms with Crippen LogP contribution in [0.25, 0.3) is 0 Å². The van der Waals surface area contributed by atoms with E-state index in [9.17, 15) is 23.1 Å². The smallest absolute Gasteiger partial charge is 0.327 e. The molecule has 0 saturated carbocycles. The Hall–Kier alpha value is -1.35.